The van der Waals surface area contributed by atoms with Crippen LogP contribution in [0.4, 0.5) is 8.78 Å². The summed E-state index contributed by atoms with van der Waals surface area (Å²) in [5, 5.41) is 3.49. The molecule has 0 unspecified atom stereocenters. The van der Waals surface area contributed by atoms with Gasteiger partial charge in [-0.1, -0.05) is 6.07 Å². The van der Waals surface area contributed by atoms with Crippen LogP contribution < -0.4 is 5.32 Å². The molecule has 0 spiro atoms. The third kappa shape index (κ3) is 4.37. The van der Waals surface area contributed by atoms with Gasteiger partial charge >= 0.3 is 5.97 Å². The molecule has 1 heterocycles. The van der Waals surface area contributed by atoms with Crippen molar-refractivity contribution in [1.29, 1.82) is 0 Å². The molecule has 0 fully saturated rings. The van der Waals surface area contributed by atoms with Gasteiger partial charge in [-0.05, 0) is 63.9 Å². The number of halogens is 2. The van der Waals surface area contributed by atoms with Crippen LogP contribution in [-0.4, -0.2) is 55.2 Å². The second-order valence-electron chi connectivity index (χ2n) is 6.36. The maximum atomic E-state index is 13.7. The molecule has 1 N–H and O–H groups in total. The summed E-state index contributed by atoms with van der Waals surface area (Å²) < 4.78 is 31.9. The lowest BCUT2D eigenvalue weighted by molar-refractivity contribution is -0.136. The minimum Gasteiger partial charge on any atom is -0.466 e. The van der Waals surface area contributed by atoms with Gasteiger partial charge in [0.15, 0.2) is 16.7 Å². The first-order valence-electron chi connectivity index (χ1n) is 8.23. The van der Waals surface area contributed by atoms with Crippen LogP contribution in [0.15, 0.2) is 29.5 Å². The van der Waals surface area contributed by atoms with Crippen LogP contribution in [0, 0.1) is 11.6 Å². The molecule has 0 bridgehead atoms. The molecule has 0 saturated heterocycles. The number of thiocarbonyl (C=S) groups is 1. The van der Waals surface area contributed by atoms with E-state index < -0.39 is 23.6 Å². The van der Waals surface area contributed by atoms with E-state index in [9.17, 15) is 13.6 Å². The lowest BCUT2D eigenvalue weighted by Crippen LogP contribution is -2.48. The zero-order chi connectivity index (χ0) is 19.4. The van der Waals surface area contributed by atoms with Crippen molar-refractivity contribution in [2.24, 2.45) is 0 Å². The van der Waals surface area contributed by atoms with Gasteiger partial charge in [-0.2, -0.15) is 0 Å². The fourth-order valence-corrected chi connectivity index (χ4v) is 3.26. The fraction of sp³-hybridized carbons (Fsp3) is 0.444. The van der Waals surface area contributed by atoms with Crippen molar-refractivity contribution in [3.05, 3.63) is 46.7 Å². The zero-order valence-electron chi connectivity index (χ0n) is 15.3. The van der Waals surface area contributed by atoms with Gasteiger partial charge in [0, 0.05) is 12.2 Å². The van der Waals surface area contributed by atoms with E-state index in [2.05, 4.69) is 10.2 Å². The second kappa shape index (κ2) is 8.55. The Bertz CT molecular complexity index is 737. The van der Waals surface area contributed by atoms with Gasteiger partial charge in [-0.15, -0.1) is 0 Å². The predicted molar refractivity (Wildman–Crippen MR) is 99.4 cm³/mol. The molecule has 1 aliphatic heterocycles. The minimum atomic E-state index is -0.981. The highest BCUT2D eigenvalue weighted by atomic mass is 32.1. The predicted octanol–water partition coefficient (Wildman–Crippen LogP) is 2.59. The summed E-state index contributed by atoms with van der Waals surface area (Å²) in [5.74, 6) is -2.46. The molecule has 142 valence electrons. The SMILES string of the molecule is COC(=O)C1=C(C)N(CCCN(C)C)C(=S)N[C@H]1c1ccc(F)c(F)c1. The summed E-state index contributed by atoms with van der Waals surface area (Å²) in [7, 11) is 5.25. The van der Waals surface area contributed by atoms with E-state index in [1.54, 1.807) is 6.92 Å². The average Bonchev–Trinajstić information content (AvgIpc) is 2.58. The maximum Gasteiger partial charge on any atom is 0.337 e. The number of ether oxygens (including phenoxy) is 1. The Kier molecular flexibility index (Phi) is 6.66. The highest BCUT2D eigenvalue weighted by Gasteiger charge is 2.34. The monoisotopic (exact) mass is 383 g/mol. The number of nitrogens with zero attached hydrogens (tertiary/aromatic N) is 2. The molecule has 1 aliphatic rings. The maximum absolute atomic E-state index is 13.7. The van der Waals surface area contributed by atoms with Gasteiger partial charge in [-0.25, -0.2) is 13.6 Å². The molecular weight excluding hydrogens is 360 g/mol. The van der Waals surface area contributed by atoms with Crippen molar-refractivity contribution in [3.63, 3.8) is 0 Å². The van der Waals surface area contributed by atoms with E-state index >= 15 is 0 Å². The number of esters is 1. The summed E-state index contributed by atoms with van der Waals surface area (Å²) in [6, 6.07) is 2.82. The number of benzene rings is 1. The van der Waals surface area contributed by atoms with Crippen LogP contribution in [0.25, 0.3) is 0 Å². The Balaban J connectivity index is 2.40. The summed E-state index contributed by atoms with van der Waals surface area (Å²) in [6.45, 7) is 3.27. The number of carbonyl (C=O) groups is 1. The molecule has 5 nitrogen and oxygen atoms in total. The van der Waals surface area contributed by atoms with E-state index in [1.165, 1.54) is 13.2 Å². The molecule has 0 aliphatic carbocycles. The molecular formula is C18H23F2N3O2S. The number of methoxy groups -OCH3 is 1. The molecule has 0 radical (unpaired) electrons. The Morgan fingerprint density at radius 2 is 2.04 bits per heavy atom. The van der Waals surface area contributed by atoms with Crippen molar-refractivity contribution >= 4 is 23.3 Å². The van der Waals surface area contributed by atoms with Crippen molar-refractivity contribution in [2.45, 2.75) is 19.4 Å². The van der Waals surface area contributed by atoms with Gasteiger partial charge in [0.25, 0.3) is 0 Å². The first-order chi connectivity index (χ1) is 12.3. The van der Waals surface area contributed by atoms with Gasteiger partial charge in [0.05, 0.1) is 18.7 Å². The summed E-state index contributed by atoms with van der Waals surface area (Å²) in [4.78, 5) is 16.3. The zero-order valence-corrected chi connectivity index (χ0v) is 16.1. The fourth-order valence-electron chi connectivity index (χ4n) is 2.91. The number of hydrogen-bond donors (Lipinski definition) is 1. The molecule has 1 aromatic rings. The Morgan fingerprint density at radius 1 is 1.35 bits per heavy atom. The van der Waals surface area contributed by atoms with E-state index in [0.717, 1.165) is 25.1 Å². The van der Waals surface area contributed by atoms with Crippen LogP contribution in [-0.2, 0) is 9.53 Å². The number of allylic oxidation sites excluding steroid dienone is 1. The standard InChI is InChI=1S/C18H23F2N3O2S/c1-11-15(17(24)25-4)16(12-6-7-13(19)14(20)10-12)21-18(26)23(11)9-5-8-22(2)3/h6-7,10,16H,5,8-9H2,1-4H3,(H,21,26)/t16-/m0/s1. The van der Waals surface area contributed by atoms with E-state index in [0.29, 0.717) is 28.5 Å². The molecule has 1 atom stereocenters. The van der Waals surface area contributed by atoms with Gasteiger partial charge < -0.3 is 19.9 Å². The lowest BCUT2D eigenvalue weighted by Gasteiger charge is -2.37. The highest BCUT2D eigenvalue weighted by molar-refractivity contribution is 7.80. The third-order valence-electron chi connectivity index (χ3n) is 4.27. The summed E-state index contributed by atoms with van der Waals surface area (Å²) in [6.07, 6.45) is 0.844. The first kappa shape index (κ1) is 20.3. The molecule has 0 amide bonds. The number of carbonyl (C=O) groups excluding carboxylic acids is 1. The first-order valence-corrected chi connectivity index (χ1v) is 8.63. The van der Waals surface area contributed by atoms with E-state index in [-0.39, 0.29) is 0 Å². The molecule has 2 rings (SSSR count). The number of nitrogens with one attached hydrogen (secondary N) is 1. The van der Waals surface area contributed by atoms with Crippen LogP contribution in [0.3, 0.4) is 0 Å². The third-order valence-corrected chi connectivity index (χ3v) is 4.60. The van der Waals surface area contributed by atoms with Crippen molar-refractivity contribution in [3.8, 4) is 0 Å². The molecule has 1 aromatic carbocycles. The van der Waals surface area contributed by atoms with Crippen molar-refractivity contribution in [2.75, 3.05) is 34.3 Å². The lowest BCUT2D eigenvalue weighted by atomic mass is 9.94. The summed E-state index contributed by atoms with van der Waals surface area (Å²) in [5.41, 5.74) is 1.38. The average molecular weight is 383 g/mol. The van der Waals surface area contributed by atoms with Crippen LogP contribution in [0.2, 0.25) is 0 Å². The Hall–Kier alpha value is -2.06. The second-order valence-corrected chi connectivity index (χ2v) is 6.74. The van der Waals surface area contributed by atoms with Crippen LogP contribution in [0.1, 0.15) is 24.9 Å². The van der Waals surface area contributed by atoms with E-state index in [4.69, 9.17) is 17.0 Å². The van der Waals surface area contributed by atoms with Gasteiger partial charge in [0.1, 0.15) is 0 Å². The molecule has 0 saturated carbocycles. The van der Waals surface area contributed by atoms with E-state index in [1.807, 2.05) is 19.0 Å². The molecule has 8 heteroatoms. The molecule has 26 heavy (non-hydrogen) atoms. The largest absolute Gasteiger partial charge is 0.466 e. The van der Waals surface area contributed by atoms with Crippen LogP contribution >= 0.6 is 12.2 Å². The topological polar surface area (TPSA) is 44.8 Å². The van der Waals surface area contributed by atoms with Crippen molar-refractivity contribution < 1.29 is 18.3 Å². The van der Waals surface area contributed by atoms with Gasteiger partial charge in [0.2, 0.25) is 0 Å². The highest BCUT2D eigenvalue weighted by Crippen LogP contribution is 2.32. The Labute approximate surface area is 157 Å². The quantitative estimate of drug-likeness (QED) is 0.602. The minimum absolute atomic E-state index is 0.331. The Morgan fingerprint density at radius 3 is 2.62 bits per heavy atom. The number of hydrogen-bond acceptors (Lipinski definition) is 4. The van der Waals surface area contributed by atoms with Crippen molar-refractivity contribution in [1.82, 2.24) is 15.1 Å². The summed E-state index contributed by atoms with van der Waals surface area (Å²) >= 11 is 5.44. The van der Waals surface area contributed by atoms with Crippen LogP contribution in [0.5, 0.6) is 0 Å². The smallest absolute Gasteiger partial charge is 0.337 e. The van der Waals surface area contributed by atoms with Gasteiger partial charge in [-0.3, -0.25) is 0 Å². The molecule has 0 aromatic heterocycles. The number of rotatable bonds is 6. The normalized spacial score (nSPS) is 17.6.